The minimum absolute atomic E-state index is 0.00354. The molecule has 28 heavy (non-hydrogen) atoms. The van der Waals surface area contributed by atoms with E-state index >= 15 is 0 Å². The van der Waals surface area contributed by atoms with Gasteiger partial charge in [-0.25, -0.2) is 0 Å². The van der Waals surface area contributed by atoms with E-state index in [0.29, 0.717) is 11.4 Å². The van der Waals surface area contributed by atoms with E-state index in [1.807, 2.05) is 24.3 Å². The van der Waals surface area contributed by atoms with Crippen molar-refractivity contribution in [1.82, 2.24) is 20.1 Å². The molecular formula is C21H20N6O. The molecule has 1 aromatic carbocycles. The maximum absolute atomic E-state index is 12.5. The Bertz CT molecular complexity index is 1070. The quantitative estimate of drug-likeness (QED) is 0.760. The minimum atomic E-state index is 0.00354. The molecule has 0 atom stereocenters. The molecule has 7 heteroatoms. The Hall–Kier alpha value is -3.37. The van der Waals surface area contributed by atoms with Crippen molar-refractivity contribution < 1.29 is 4.79 Å². The molecule has 7 nitrogen and oxygen atoms in total. The number of likely N-dealkylation sites (tertiary alicyclic amines) is 1. The number of amides is 1. The Morgan fingerprint density at radius 2 is 1.96 bits per heavy atom. The van der Waals surface area contributed by atoms with Gasteiger partial charge in [-0.05, 0) is 62.8 Å². The third-order valence-electron chi connectivity index (χ3n) is 5.13. The summed E-state index contributed by atoms with van der Waals surface area (Å²) in [5.74, 6) is 0.473. The number of carbonyl (C=O) groups is 1. The highest BCUT2D eigenvalue weighted by Gasteiger charge is 2.23. The van der Waals surface area contributed by atoms with Crippen LogP contribution in [-0.4, -0.2) is 46.1 Å². The van der Waals surface area contributed by atoms with E-state index in [1.54, 1.807) is 12.3 Å². The fourth-order valence-electron chi connectivity index (χ4n) is 3.44. The second-order valence-corrected chi connectivity index (χ2v) is 7.14. The van der Waals surface area contributed by atoms with E-state index in [1.165, 1.54) is 6.20 Å². The average molecular weight is 372 g/mol. The average Bonchev–Trinajstić information content (AvgIpc) is 2.73. The monoisotopic (exact) mass is 372 g/mol. The minimum Gasteiger partial charge on any atom is -0.309 e. The molecule has 4 rings (SSSR count). The highest BCUT2D eigenvalue weighted by molar-refractivity contribution is 5.94. The van der Waals surface area contributed by atoms with Crippen LogP contribution in [0.25, 0.3) is 22.0 Å². The number of hydrogen-bond acceptors (Lipinski definition) is 6. The summed E-state index contributed by atoms with van der Waals surface area (Å²) in [6, 6.07) is 11.5. The summed E-state index contributed by atoms with van der Waals surface area (Å²) in [5, 5.41) is 21.2. The van der Waals surface area contributed by atoms with Crippen molar-refractivity contribution in [2.45, 2.75) is 12.8 Å². The van der Waals surface area contributed by atoms with E-state index in [0.717, 1.165) is 48.0 Å². The topological polar surface area (TPSA) is 94.8 Å². The summed E-state index contributed by atoms with van der Waals surface area (Å²) < 4.78 is 0. The largest absolute Gasteiger partial charge is 0.309 e. The molecule has 0 spiro atoms. The number of nitrogens with one attached hydrogen (secondary N) is 1. The first-order valence-electron chi connectivity index (χ1n) is 9.25. The van der Waals surface area contributed by atoms with Gasteiger partial charge < -0.3 is 10.2 Å². The van der Waals surface area contributed by atoms with Crippen molar-refractivity contribution >= 4 is 22.6 Å². The summed E-state index contributed by atoms with van der Waals surface area (Å²) in [4.78, 5) is 18.9. The van der Waals surface area contributed by atoms with Crippen molar-refractivity contribution in [3.63, 3.8) is 0 Å². The van der Waals surface area contributed by atoms with Gasteiger partial charge in [0.1, 0.15) is 6.07 Å². The van der Waals surface area contributed by atoms with Crippen LogP contribution in [0.15, 0.2) is 42.7 Å². The van der Waals surface area contributed by atoms with Crippen molar-refractivity contribution in [1.29, 1.82) is 5.26 Å². The number of rotatable bonds is 3. The lowest BCUT2D eigenvalue weighted by Crippen LogP contribution is -2.36. The zero-order chi connectivity index (χ0) is 19.5. The molecule has 1 saturated heterocycles. The van der Waals surface area contributed by atoms with Gasteiger partial charge in [-0.3, -0.25) is 9.78 Å². The van der Waals surface area contributed by atoms with Crippen LogP contribution in [0.1, 0.15) is 18.4 Å². The van der Waals surface area contributed by atoms with E-state index in [4.69, 9.17) is 5.26 Å². The summed E-state index contributed by atoms with van der Waals surface area (Å²) in [5.41, 5.74) is 3.04. The Labute approximate surface area is 163 Å². The molecule has 1 aliphatic rings. The Morgan fingerprint density at radius 1 is 1.14 bits per heavy atom. The first-order valence-corrected chi connectivity index (χ1v) is 9.25. The van der Waals surface area contributed by atoms with E-state index in [2.05, 4.69) is 38.5 Å². The highest BCUT2D eigenvalue weighted by atomic mass is 16.2. The van der Waals surface area contributed by atoms with E-state index in [-0.39, 0.29) is 11.8 Å². The van der Waals surface area contributed by atoms with Gasteiger partial charge in [0.25, 0.3) is 0 Å². The van der Waals surface area contributed by atoms with Gasteiger partial charge in [0.15, 0.2) is 5.82 Å². The molecule has 3 heterocycles. The van der Waals surface area contributed by atoms with Gasteiger partial charge in [-0.1, -0.05) is 6.07 Å². The molecule has 1 amide bonds. The van der Waals surface area contributed by atoms with Crippen molar-refractivity contribution in [3.05, 3.63) is 48.3 Å². The van der Waals surface area contributed by atoms with Crippen LogP contribution in [0.3, 0.4) is 0 Å². The third-order valence-corrected chi connectivity index (χ3v) is 5.13. The lowest BCUT2D eigenvalue weighted by atomic mass is 9.96. The molecule has 0 radical (unpaired) electrons. The zero-order valence-corrected chi connectivity index (χ0v) is 15.6. The number of carbonyl (C=O) groups excluding carboxylic acids is 1. The van der Waals surface area contributed by atoms with Gasteiger partial charge in [0.05, 0.1) is 11.1 Å². The molecule has 0 unspecified atom stereocenters. The Morgan fingerprint density at radius 3 is 2.75 bits per heavy atom. The molecule has 0 aliphatic carbocycles. The van der Waals surface area contributed by atoms with Gasteiger partial charge in [-0.2, -0.15) is 5.26 Å². The van der Waals surface area contributed by atoms with Crippen molar-refractivity contribution in [2.75, 3.05) is 25.5 Å². The normalized spacial score (nSPS) is 15.3. The Balaban J connectivity index is 1.57. The van der Waals surface area contributed by atoms with Crippen LogP contribution >= 0.6 is 0 Å². The van der Waals surface area contributed by atoms with Crippen LogP contribution in [-0.2, 0) is 4.79 Å². The summed E-state index contributed by atoms with van der Waals surface area (Å²) in [7, 11) is 2.07. The number of nitrogens with zero attached hydrogens (tertiary/aromatic N) is 5. The molecule has 1 fully saturated rings. The first-order chi connectivity index (χ1) is 13.6. The van der Waals surface area contributed by atoms with Crippen molar-refractivity contribution in [3.8, 4) is 17.2 Å². The SMILES string of the molecule is CN1CCC(C(=O)Nc2cc3cc(-c4cncc(C#N)c4)ccc3nn2)CC1. The number of hydrogen-bond donors (Lipinski definition) is 1. The Kier molecular flexibility index (Phi) is 4.96. The standard InChI is InChI=1S/C21H20N6O/c1-27-6-4-15(5-7-27)21(28)24-20-10-17-9-16(2-3-19(17)25-26-20)18-8-14(11-22)12-23-13-18/h2-3,8-10,12-13,15H,4-7H2,1H3,(H,24,26,28). The summed E-state index contributed by atoms with van der Waals surface area (Å²) >= 11 is 0. The van der Waals surface area contributed by atoms with Crippen LogP contribution in [0, 0.1) is 17.2 Å². The maximum atomic E-state index is 12.5. The fourth-order valence-corrected chi connectivity index (χ4v) is 3.44. The number of fused-ring (bicyclic) bond motifs is 1. The highest BCUT2D eigenvalue weighted by Crippen LogP contribution is 2.25. The number of piperidine rings is 1. The van der Waals surface area contributed by atoms with E-state index < -0.39 is 0 Å². The fraction of sp³-hybridized carbons (Fsp3) is 0.286. The second-order valence-electron chi connectivity index (χ2n) is 7.14. The predicted octanol–water partition coefficient (Wildman–Crippen LogP) is 2.84. The number of nitriles is 1. The van der Waals surface area contributed by atoms with Crippen LogP contribution in [0.4, 0.5) is 5.82 Å². The predicted molar refractivity (Wildman–Crippen MR) is 106 cm³/mol. The van der Waals surface area contributed by atoms with Gasteiger partial charge in [0.2, 0.25) is 5.91 Å². The lowest BCUT2D eigenvalue weighted by molar-refractivity contribution is -0.121. The summed E-state index contributed by atoms with van der Waals surface area (Å²) in [6.07, 6.45) is 4.97. The van der Waals surface area contributed by atoms with Crippen molar-refractivity contribution in [2.24, 2.45) is 5.92 Å². The number of benzene rings is 1. The molecule has 3 aromatic rings. The van der Waals surface area contributed by atoms with Crippen LogP contribution < -0.4 is 5.32 Å². The first kappa shape index (κ1) is 18.0. The second kappa shape index (κ2) is 7.71. The van der Waals surface area contributed by atoms with Crippen LogP contribution in [0.2, 0.25) is 0 Å². The maximum Gasteiger partial charge on any atom is 0.228 e. The molecule has 1 aliphatic heterocycles. The molecule has 140 valence electrons. The molecule has 2 aromatic heterocycles. The third kappa shape index (κ3) is 3.82. The number of anilines is 1. The van der Waals surface area contributed by atoms with Crippen LogP contribution in [0.5, 0.6) is 0 Å². The number of pyridine rings is 1. The van der Waals surface area contributed by atoms with Gasteiger partial charge in [0, 0.05) is 29.3 Å². The van der Waals surface area contributed by atoms with Gasteiger partial charge >= 0.3 is 0 Å². The lowest BCUT2D eigenvalue weighted by Gasteiger charge is -2.27. The smallest absolute Gasteiger partial charge is 0.228 e. The van der Waals surface area contributed by atoms with E-state index in [9.17, 15) is 4.79 Å². The van der Waals surface area contributed by atoms with Gasteiger partial charge in [-0.15, -0.1) is 10.2 Å². The zero-order valence-electron chi connectivity index (χ0n) is 15.6. The number of aromatic nitrogens is 3. The molecular weight excluding hydrogens is 352 g/mol. The molecule has 0 saturated carbocycles. The molecule has 1 N–H and O–H groups in total. The summed E-state index contributed by atoms with van der Waals surface area (Å²) in [6.45, 7) is 1.86. The molecule has 0 bridgehead atoms.